The SMILES string of the molecule is CC[N+]1(C)[C@@H]2CC[C@H]1CC(OC(=O)[C@@H]1CC[C@](C(=O)OC3C[C@@H]4CC[C@@H](C3)[N+]4(C)CC)(c3ccccc3)c3ccccc31)C2. The first-order chi connectivity index (χ1) is 21.2. The summed E-state index contributed by atoms with van der Waals surface area (Å²) in [4.78, 5) is 28.6. The lowest BCUT2D eigenvalue weighted by Crippen LogP contribution is -2.59. The molecule has 0 saturated carbocycles. The van der Waals surface area contributed by atoms with Crippen molar-refractivity contribution in [2.24, 2.45) is 0 Å². The fourth-order valence-electron chi connectivity index (χ4n) is 10.5. The molecule has 7 rings (SSSR count). The molecule has 0 radical (unpaired) electrons. The third-order valence-electron chi connectivity index (χ3n) is 13.6. The molecule has 4 fully saturated rings. The molecule has 4 aliphatic heterocycles. The molecule has 1 aliphatic carbocycles. The quantitative estimate of drug-likeness (QED) is 0.278. The minimum atomic E-state index is -0.932. The highest BCUT2D eigenvalue weighted by Crippen LogP contribution is 2.50. The van der Waals surface area contributed by atoms with Crippen LogP contribution >= 0.6 is 0 Å². The summed E-state index contributed by atoms with van der Waals surface area (Å²) in [5, 5.41) is 0. The second kappa shape index (κ2) is 11.3. The third-order valence-corrected chi connectivity index (χ3v) is 13.6. The van der Waals surface area contributed by atoms with Gasteiger partial charge < -0.3 is 18.4 Å². The summed E-state index contributed by atoms with van der Waals surface area (Å²) in [7, 11) is 4.78. The van der Waals surface area contributed by atoms with Crippen LogP contribution in [-0.2, 0) is 24.5 Å². The van der Waals surface area contributed by atoms with Crippen molar-refractivity contribution in [1.29, 1.82) is 0 Å². The zero-order chi connectivity index (χ0) is 30.7. The second-order valence-corrected chi connectivity index (χ2v) is 15.1. The number of fused-ring (bicyclic) bond motifs is 5. The number of esters is 2. The van der Waals surface area contributed by atoms with Crippen molar-refractivity contribution < 1.29 is 28.0 Å². The summed E-state index contributed by atoms with van der Waals surface area (Å²) in [5.74, 6) is -0.638. The van der Waals surface area contributed by atoms with Gasteiger partial charge in [-0.15, -0.1) is 0 Å². The Bertz CT molecular complexity index is 1360. The number of rotatable bonds is 7. The first kappa shape index (κ1) is 30.0. The fraction of sp³-hybridized carbons (Fsp3) is 0.632. The Morgan fingerprint density at radius 3 is 1.75 bits per heavy atom. The molecule has 5 aliphatic rings. The van der Waals surface area contributed by atoms with E-state index in [9.17, 15) is 9.59 Å². The molecule has 2 aromatic carbocycles. The van der Waals surface area contributed by atoms with Crippen molar-refractivity contribution in [3.05, 3.63) is 71.3 Å². The molecular weight excluding hydrogens is 548 g/mol. The molecule has 4 bridgehead atoms. The van der Waals surface area contributed by atoms with Crippen LogP contribution in [0.5, 0.6) is 0 Å². The van der Waals surface area contributed by atoms with E-state index in [1.54, 1.807) is 0 Å². The number of piperidine rings is 2. The Labute approximate surface area is 263 Å². The number of ether oxygens (including phenoxy) is 2. The van der Waals surface area contributed by atoms with E-state index >= 15 is 0 Å². The molecule has 236 valence electrons. The lowest BCUT2D eigenvalue weighted by molar-refractivity contribution is -0.947. The van der Waals surface area contributed by atoms with Gasteiger partial charge in [-0.1, -0.05) is 54.6 Å². The average Bonchev–Trinajstić information content (AvgIpc) is 3.29. The van der Waals surface area contributed by atoms with Crippen LogP contribution in [-0.4, -0.2) is 84.5 Å². The maximum absolute atomic E-state index is 14.6. The van der Waals surface area contributed by atoms with E-state index in [-0.39, 0.29) is 30.1 Å². The van der Waals surface area contributed by atoms with Gasteiger partial charge in [0, 0.05) is 51.4 Å². The van der Waals surface area contributed by atoms with Crippen LogP contribution in [0.3, 0.4) is 0 Å². The summed E-state index contributed by atoms with van der Waals surface area (Å²) in [6.07, 6.45) is 9.75. The summed E-state index contributed by atoms with van der Waals surface area (Å²) in [6.45, 7) is 6.86. The van der Waals surface area contributed by atoms with Crippen molar-refractivity contribution in [3.63, 3.8) is 0 Å². The van der Waals surface area contributed by atoms with Gasteiger partial charge in [0.25, 0.3) is 0 Å². The molecule has 2 aromatic rings. The van der Waals surface area contributed by atoms with E-state index in [1.807, 2.05) is 36.4 Å². The maximum atomic E-state index is 14.6. The molecule has 0 N–H and O–H groups in total. The van der Waals surface area contributed by atoms with Crippen LogP contribution in [0.15, 0.2) is 54.6 Å². The standard InChI is InChI=1S/C38H52N2O4/c1-5-39(3)27-16-17-28(39)23-31(22-27)43-36(41)34-20-21-38(26-12-8-7-9-13-26,35-15-11-10-14-33(34)35)37(42)44-32-24-29-18-19-30(25-32)40(29,4)6-2/h7-15,27-32,34H,5-6,16-25H2,1-4H3/q+2/t27-,28+,29-,30-,31?,32?,34+,38-,39?,40?/m0/s1. The number of quaternary nitrogens is 2. The summed E-state index contributed by atoms with van der Waals surface area (Å²) < 4.78 is 15.2. The monoisotopic (exact) mass is 600 g/mol. The van der Waals surface area contributed by atoms with Crippen molar-refractivity contribution >= 4 is 11.9 Å². The van der Waals surface area contributed by atoms with Crippen LogP contribution in [0.1, 0.15) is 101 Å². The van der Waals surface area contributed by atoms with Crippen molar-refractivity contribution in [2.75, 3.05) is 27.2 Å². The number of hydrogen-bond acceptors (Lipinski definition) is 4. The van der Waals surface area contributed by atoms with E-state index in [0.717, 1.165) is 64.4 Å². The lowest BCUT2D eigenvalue weighted by Gasteiger charge is -2.47. The first-order valence-electron chi connectivity index (χ1n) is 17.5. The van der Waals surface area contributed by atoms with Gasteiger partial charge in [-0.2, -0.15) is 0 Å². The molecule has 0 spiro atoms. The van der Waals surface area contributed by atoms with Crippen molar-refractivity contribution in [2.45, 2.75) is 126 Å². The minimum absolute atomic E-state index is 0.00966. The number of benzene rings is 2. The molecule has 8 atom stereocenters. The Morgan fingerprint density at radius 2 is 1.20 bits per heavy atom. The van der Waals surface area contributed by atoms with Gasteiger partial charge in [-0.05, 0) is 43.4 Å². The van der Waals surface area contributed by atoms with E-state index < -0.39 is 5.41 Å². The van der Waals surface area contributed by atoms with Crippen LogP contribution < -0.4 is 0 Å². The van der Waals surface area contributed by atoms with E-state index in [0.29, 0.717) is 37.0 Å². The number of carbonyl (C=O) groups is 2. The number of carbonyl (C=O) groups excluding carboxylic acids is 2. The summed E-state index contributed by atoms with van der Waals surface area (Å²) >= 11 is 0. The van der Waals surface area contributed by atoms with Crippen LogP contribution in [0, 0.1) is 0 Å². The second-order valence-electron chi connectivity index (χ2n) is 15.1. The Morgan fingerprint density at radius 1 is 0.705 bits per heavy atom. The zero-order valence-electron chi connectivity index (χ0n) is 27.3. The summed E-state index contributed by atoms with van der Waals surface area (Å²) in [6, 6.07) is 20.5. The number of nitrogens with zero attached hydrogens (tertiary/aromatic N) is 2. The van der Waals surface area contributed by atoms with Crippen LogP contribution in [0.2, 0.25) is 0 Å². The smallest absolute Gasteiger partial charge is 0.321 e. The normalized spacial score (nSPS) is 40.7. The average molecular weight is 601 g/mol. The van der Waals surface area contributed by atoms with Gasteiger partial charge in [0.15, 0.2) is 0 Å². The Balaban J connectivity index is 1.15. The zero-order valence-corrected chi connectivity index (χ0v) is 27.3. The lowest BCUT2D eigenvalue weighted by atomic mass is 9.63. The van der Waals surface area contributed by atoms with Gasteiger partial charge in [0.05, 0.1) is 57.3 Å². The topological polar surface area (TPSA) is 52.6 Å². The molecule has 44 heavy (non-hydrogen) atoms. The van der Waals surface area contributed by atoms with Crippen LogP contribution in [0.25, 0.3) is 0 Å². The highest BCUT2D eigenvalue weighted by atomic mass is 16.5. The Hall–Kier alpha value is -2.70. The predicted molar refractivity (Wildman–Crippen MR) is 171 cm³/mol. The predicted octanol–water partition coefficient (Wildman–Crippen LogP) is 6.26. The molecule has 0 amide bonds. The first-order valence-corrected chi connectivity index (χ1v) is 17.5. The molecule has 4 saturated heterocycles. The highest BCUT2D eigenvalue weighted by Gasteiger charge is 2.55. The molecular formula is C38H52N2O4+2. The van der Waals surface area contributed by atoms with Crippen LogP contribution in [0.4, 0.5) is 0 Å². The molecule has 2 unspecified atom stereocenters. The molecule has 6 heteroatoms. The van der Waals surface area contributed by atoms with Crippen molar-refractivity contribution in [3.8, 4) is 0 Å². The minimum Gasteiger partial charge on any atom is -0.461 e. The van der Waals surface area contributed by atoms with E-state index in [2.05, 4.69) is 46.1 Å². The molecule has 4 heterocycles. The maximum Gasteiger partial charge on any atom is 0.321 e. The van der Waals surface area contributed by atoms with Gasteiger partial charge >= 0.3 is 11.9 Å². The third kappa shape index (κ3) is 4.57. The van der Waals surface area contributed by atoms with Gasteiger partial charge in [-0.3, -0.25) is 9.59 Å². The van der Waals surface area contributed by atoms with E-state index in [4.69, 9.17) is 9.47 Å². The highest BCUT2D eigenvalue weighted by molar-refractivity contribution is 5.91. The van der Waals surface area contributed by atoms with Gasteiger partial charge in [0.1, 0.15) is 17.6 Å². The molecule has 0 aromatic heterocycles. The van der Waals surface area contributed by atoms with Gasteiger partial charge in [0.2, 0.25) is 0 Å². The largest absolute Gasteiger partial charge is 0.461 e. The Kier molecular flexibility index (Phi) is 7.68. The van der Waals surface area contributed by atoms with E-state index in [1.165, 1.54) is 25.7 Å². The van der Waals surface area contributed by atoms with Gasteiger partial charge in [-0.25, -0.2) is 0 Å². The van der Waals surface area contributed by atoms with Crippen molar-refractivity contribution in [1.82, 2.24) is 0 Å². The fourth-order valence-corrected chi connectivity index (χ4v) is 10.5. The molecule has 6 nitrogen and oxygen atoms in total. The summed E-state index contributed by atoms with van der Waals surface area (Å²) in [5.41, 5.74) is 1.86. The number of hydrogen-bond donors (Lipinski definition) is 0.